The molecule has 0 radical (unpaired) electrons. The first-order valence-electron chi connectivity index (χ1n) is 13.2. The maximum Gasteiger partial charge on any atom is 0.410 e. The molecule has 2 aromatic heterocycles. The van der Waals surface area contributed by atoms with E-state index in [1.165, 1.54) is 13.2 Å². The first kappa shape index (κ1) is 26.5. The van der Waals surface area contributed by atoms with E-state index in [1.807, 2.05) is 62.0 Å². The van der Waals surface area contributed by atoms with E-state index in [0.717, 1.165) is 35.1 Å². The molecule has 1 aliphatic heterocycles. The van der Waals surface area contributed by atoms with Gasteiger partial charge >= 0.3 is 6.09 Å². The summed E-state index contributed by atoms with van der Waals surface area (Å²) in [5.74, 6) is 0.917. The number of hydrogen-bond donors (Lipinski definition) is 1. The van der Waals surface area contributed by atoms with Crippen molar-refractivity contribution in [2.45, 2.75) is 51.8 Å². The summed E-state index contributed by atoms with van der Waals surface area (Å²) >= 11 is 0. The lowest BCUT2D eigenvalue weighted by molar-refractivity contribution is 0.0168. The third-order valence-corrected chi connectivity index (χ3v) is 6.76. The van der Waals surface area contributed by atoms with Crippen LogP contribution < -0.4 is 10.1 Å². The number of nitrogens with one attached hydrogen (secondary N) is 1. The SMILES string of the molecule is COc1cccc(F)c1-c1ccc2nn(C3CCCN(C(=O)OC(C)(C)C)C3)c(NCc3cccnc3)c2c1. The van der Waals surface area contributed by atoms with Crippen molar-refractivity contribution in [3.63, 3.8) is 0 Å². The molecule has 1 saturated heterocycles. The van der Waals surface area contributed by atoms with Gasteiger partial charge in [-0.2, -0.15) is 5.10 Å². The Bertz CT molecular complexity index is 1460. The molecule has 5 rings (SSSR count). The monoisotopic (exact) mass is 531 g/mol. The minimum absolute atomic E-state index is 0.0542. The van der Waals surface area contributed by atoms with Crippen molar-refractivity contribution in [2.75, 3.05) is 25.5 Å². The predicted molar refractivity (Wildman–Crippen MR) is 149 cm³/mol. The number of nitrogens with zero attached hydrogens (tertiary/aromatic N) is 4. The lowest BCUT2D eigenvalue weighted by Gasteiger charge is -2.34. The molecule has 2 aromatic carbocycles. The predicted octanol–water partition coefficient (Wildman–Crippen LogP) is 6.43. The fraction of sp³-hybridized carbons (Fsp3) is 0.367. The number of pyridine rings is 1. The number of rotatable bonds is 6. The zero-order valence-electron chi connectivity index (χ0n) is 22.8. The van der Waals surface area contributed by atoms with Crippen LogP contribution in [0.3, 0.4) is 0 Å². The van der Waals surface area contributed by atoms with E-state index in [4.69, 9.17) is 14.6 Å². The van der Waals surface area contributed by atoms with E-state index in [1.54, 1.807) is 23.2 Å². The van der Waals surface area contributed by atoms with Gasteiger partial charge in [0.15, 0.2) is 0 Å². The minimum Gasteiger partial charge on any atom is -0.496 e. The number of likely N-dealkylation sites (tertiary alicyclic amines) is 1. The summed E-state index contributed by atoms with van der Waals surface area (Å²) < 4.78 is 28.0. The average molecular weight is 532 g/mol. The number of carbonyl (C=O) groups excluding carboxylic acids is 1. The zero-order valence-corrected chi connectivity index (χ0v) is 22.8. The Morgan fingerprint density at radius 3 is 2.77 bits per heavy atom. The third-order valence-electron chi connectivity index (χ3n) is 6.76. The summed E-state index contributed by atoms with van der Waals surface area (Å²) in [6.07, 6.45) is 4.94. The standard InChI is InChI=1S/C30H34FN5O3/c1-30(2,3)39-29(37)35-15-7-9-22(19-35)36-28(33-18-20-8-6-14-32-17-20)23-16-21(12-13-25(23)34-36)27-24(31)10-5-11-26(27)38-4/h5-6,8,10-14,16-17,22,33H,7,9,15,18-19H2,1-4H3. The highest BCUT2D eigenvalue weighted by Gasteiger charge is 2.30. The molecule has 3 heterocycles. The summed E-state index contributed by atoms with van der Waals surface area (Å²) in [6, 6.07) is 14.4. The molecule has 1 atom stereocenters. The van der Waals surface area contributed by atoms with Gasteiger partial charge in [0.1, 0.15) is 23.0 Å². The van der Waals surface area contributed by atoms with Crippen LogP contribution in [0.25, 0.3) is 22.0 Å². The summed E-state index contributed by atoms with van der Waals surface area (Å²) in [7, 11) is 1.54. The van der Waals surface area contributed by atoms with Crippen molar-refractivity contribution in [3.8, 4) is 16.9 Å². The molecule has 9 heteroatoms. The molecule has 1 fully saturated rings. The number of amides is 1. The quantitative estimate of drug-likeness (QED) is 0.309. The van der Waals surface area contributed by atoms with Gasteiger partial charge in [-0.3, -0.25) is 4.98 Å². The number of halogens is 1. The van der Waals surface area contributed by atoms with E-state index in [2.05, 4.69) is 10.3 Å². The number of hydrogen-bond acceptors (Lipinski definition) is 6. The highest BCUT2D eigenvalue weighted by molar-refractivity contribution is 5.94. The van der Waals surface area contributed by atoms with E-state index in [9.17, 15) is 9.18 Å². The Morgan fingerprint density at radius 1 is 1.18 bits per heavy atom. The second-order valence-corrected chi connectivity index (χ2v) is 10.8. The number of piperidine rings is 1. The maximum atomic E-state index is 15.0. The molecule has 4 aromatic rings. The van der Waals surface area contributed by atoms with Crippen LogP contribution in [0.2, 0.25) is 0 Å². The molecule has 204 valence electrons. The molecular formula is C30H34FN5O3. The van der Waals surface area contributed by atoms with Crippen molar-refractivity contribution in [1.82, 2.24) is 19.7 Å². The molecule has 8 nitrogen and oxygen atoms in total. The normalized spacial score (nSPS) is 15.8. The first-order chi connectivity index (χ1) is 18.7. The number of benzene rings is 2. The average Bonchev–Trinajstić information content (AvgIpc) is 3.29. The van der Waals surface area contributed by atoms with Crippen molar-refractivity contribution in [2.24, 2.45) is 0 Å². The van der Waals surface area contributed by atoms with Gasteiger partial charge < -0.3 is 19.7 Å². The van der Waals surface area contributed by atoms with Crippen LogP contribution >= 0.6 is 0 Å². The topological polar surface area (TPSA) is 81.5 Å². The van der Waals surface area contributed by atoms with Crippen LogP contribution in [-0.2, 0) is 11.3 Å². The molecule has 1 amide bonds. The lowest BCUT2D eigenvalue weighted by atomic mass is 10.0. The molecular weight excluding hydrogens is 497 g/mol. The van der Waals surface area contributed by atoms with Crippen molar-refractivity contribution < 1.29 is 18.7 Å². The number of aromatic nitrogens is 3. The van der Waals surface area contributed by atoms with Crippen molar-refractivity contribution >= 4 is 22.8 Å². The summed E-state index contributed by atoms with van der Waals surface area (Å²) in [4.78, 5) is 18.8. The van der Waals surface area contributed by atoms with Crippen LogP contribution in [0, 0.1) is 5.82 Å². The Kier molecular flexibility index (Phi) is 7.41. The minimum atomic E-state index is -0.564. The molecule has 0 bridgehead atoms. The highest BCUT2D eigenvalue weighted by Crippen LogP contribution is 2.37. The lowest BCUT2D eigenvalue weighted by Crippen LogP contribution is -2.43. The number of ether oxygens (including phenoxy) is 2. The Labute approximate surface area is 227 Å². The summed E-state index contributed by atoms with van der Waals surface area (Å²) in [5.41, 5.74) is 2.33. The fourth-order valence-electron chi connectivity index (χ4n) is 4.99. The van der Waals surface area contributed by atoms with Gasteiger partial charge in [-0.25, -0.2) is 13.9 Å². The van der Waals surface area contributed by atoms with Crippen molar-refractivity contribution in [1.29, 1.82) is 0 Å². The fourth-order valence-corrected chi connectivity index (χ4v) is 4.99. The molecule has 39 heavy (non-hydrogen) atoms. The second-order valence-electron chi connectivity index (χ2n) is 10.8. The summed E-state index contributed by atoms with van der Waals surface area (Å²) in [5, 5.41) is 9.36. The van der Waals surface area contributed by atoms with E-state index in [-0.39, 0.29) is 18.0 Å². The van der Waals surface area contributed by atoms with Gasteiger partial charge in [0.25, 0.3) is 0 Å². The molecule has 0 aliphatic carbocycles. The van der Waals surface area contributed by atoms with Gasteiger partial charge in [-0.1, -0.05) is 18.2 Å². The maximum absolute atomic E-state index is 15.0. The molecule has 1 aliphatic rings. The van der Waals surface area contributed by atoms with Crippen LogP contribution in [0.4, 0.5) is 15.0 Å². The van der Waals surface area contributed by atoms with Gasteiger partial charge in [0.2, 0.25) is 0 Å². The number of anilines is 1. The second kappa shape index (κ2) is 10.9. The van der Waals surface area contributed by atoms with Gasteiger partial charge in [-0.05, 0) is 75.1 Å². The molecule has 0 spiro atoms. The van der Waals surface area contributed by atoms with E-state index >= 15 is 0 Å². The summed E-state index contributed by atoms with van der Waals surface area (Å²) in [6.45, 7) is 7.27. The van der Waals surface area contributed by atoms with Gasteiger partial charge in [0.05, 0.1) is 24.2 Å². The van der Waals surface area contributed by atoms with Crippen LogP contribution in [0.15, 0.2) is 60.9 Å². The molecule has 0 saturated carbocycles. The number of methoxy groups -OCH3 is 1. The number of carbonyl (C=O) groups is 1. The van der Waals surface area contributed by atoms with Crippen molar-refractivity contribution in [3.05, 3.63) is 72.3 Å². The van der Waals surface area contributed by atoms with Crippen LogP contribution in [0.1, 0.15) is 45.2 Å². The van der Waals surface area contributed by atoms with E-state index < -0.39 is 5.60 Å². The first-order valence-corrected chi connectivity index (χ1v) is 13.2. The Balaban J connectivity index is 1.54. The smallest absolute Gasteiger partial charge is 0.410 e. The van der Waals surface area contributed by atoms with Crippen LogP contribution in [-0.4, -0.2) is 51.6 Å². The highest BCUT2D eigenvalue weighted by atomic mass is 19.1. The number of fused-ring (bicyclic) bond motifs is 1. The zero-order chi connectivity index (χ0) is 27.6. The van der Waals surface area contributed by atoms with Crippen LogP contribution in [0.5, 0.6) is 5.75 Å². The Morgan fingerprint density at radius 2 is 2.03 bits per heavy atom. The van der Waals surface area contributed by atoms with E-state index in [0.29, 0.717) is 36.5 Å². The van der Waals surface area contributed by atoms with Gasteiger partial charge in [0, 0.05) is 37.4 Å². The molecule has 1 unspecified atom stereocenters. The third kappa shape index (κ3) is 5.82. The molecule has 1 N–H and O–H groups in total. The van der Waals surface area contributed by atoms with Gasteiger partial charge in [-0.15, -0.1) is 0 Å². The Hall–Kier alpha value is -4.14. The largest absolute Gasteiger partial charge is 0.496 e.